The molecule has 196 valence electrons. The number of nitrogens with one attached hydrogen (secondary N) is 3. The Hall–Kier alpha value is -2.62. The number of likely N-dealkylation sites (tertiary alicyclic amines) is 1. The highest BCUT2D eigenvalue weighted by molar-refractivity contribution is 5.82. The highest BCUT2D eigenvalue weighted by Gasteiger charge is 2.51. The summed E-state index contributed by atoms with van der Waals surface area (Å²) in [6, 6.07) is 0.107. The zero-order valence-corrected chi connectivity index (χ0v) is 20.0. The average molecular weight is 505 g/mol. The molecule has 6 rings (SSSR count). The number of hydrazine groups is 1. The van der Waals surface area contributed by atoms with Crippen LogP contribution in [0.4, 0.5) is 10.6 Å². The number of aromatic nitrogens is 4. The second-order valence-electron chi connectivity index (χ2n) is 9.73. The molecule has 5 N–H and O–H groups in total. The number of carbonyl (C=O) groups excluding carboxylic acids is 1. The summed E-state index contributed by atoms with van der Waals surface area (Å²) in [6.07, 6.45) is 1.63. The van der Waals surface area contributed by atoms with Crippen LogP contribution in [0, 0.1) is 5.92 Å². The summed E-state index contributed by atoms with van der Waals surface area (Å²) in [6.45, 7) is 3.34. The predicted molar refractivity (Wildman–Crippen MR) is 124 cm³/mol. The topological polar surface area (TPSA) is 168 Å². The van der Waals surface area contributed by atoms with Gasteiger partial charge in [0.1, 0.15) is 30.9 Å². The molecule has 2 aromatic heterocycles. The third kappa shape index (κ3) is 4.37. The number of hydrogen-bond acceptors (Lipinski definition) is 12. The number of aliphatic hydroxyl groups is 2. The maximum absolute atomic E-state index is 12.0. The Bertz CT molecular complexity index is 1090. The number of ether oxygens (including phenoxy) is 3. The first-order valence-electron chi connectivity index (χ1n) is 12.6. The van der Waals surface area contributed by atoms with Crippen molar-refractivity contribution in [2.45, 2.75) is 75.6 Å². The molecule has 36 heavy (non-hydrogen) atoms. The third-order valence-corrected chi connectivity index (χ3v) is 7.28. The van der Waals surface area contributed by atoms with Gasteiger partial charge >= 0.3 is 6.09 Å². The van der Waals surface area contributed by atoms with Crippen molar-refractivity contribution in [1.82, 2.24) is 35.3 Å². The van der Waals surface area contributed by atoms with Gasteiger partial charge in [0.15, 0.2) is 29.4 Å². The molecule has 14 heteroatoms. The van der Waals surface area contributed by atoms with Crippen LogP contribution in [0.3, 0.4) is 0 Å². The van der Waals surface area contributed by atoms with Crippen LogP contribution >= 0.6 is 0 Å². The first-order valence-corrected chi connectivity index (χ1v) is 12.6. The highest BCUT2D eigenvalue weighted by Crippen LogP contribution is 2.38. The Labute approximate surface area is 207 Å². The van der Waals surface area contributed by atoms with Gasteiger partial charge in [0, 0.05) is 19.1 Å². The molecule has 2 unspecified atom stereocenters. The molecule has 1 saturated carbocycles. The molecule has 6 atom stereocenters. The average Bonchev–Trinajstić information content (AvgIpc) is 3.34. The number of nitrogens with zero attached hydrogens (tertiary/aromatic N) is 5. The van der Waals surface area contributed by atoms with E-state index in [-0.39, 0.29) is 18.4 Å². The molecule has 3 aliphatic heterocycles. The van der Waals surface area contributed by atoms with Crippen LogP contribution < -0.4 is 16.2 Å². The van der Waals surface area contributed by atoms with Crippen molar-refractivity contribution in [3.63, 3.8) is 0 Å². The van der Waals surface area contributed by atoms with Crippen molar-refractivity contribution in [2.75, 3.05) is 25.0 Å². The number of amides is 1. The molecule has 1 aliphatic carbocycles. The van der Waals surface area contributed by atoms with Gasteiger partial charge in [-0.25, -0.2) is 30.6 Å². The van der Waals surface area contributed by atoms with E-state index in [1.807, 2.05) is 0 Å². The Kier molecular flexibility index (Phi) is 6.39. The monoisotopic (exact) mass is 504 g/mol. The molecule has 3 saturated heterocycles. The van der Waals surface area contributed by atoms with E-state index in [4.69, 9.17) is 14.2 Å². The number of rotatable bonds is 6. The van der Waals surface area contributed by atoms with Crippen LogP contribution in [0.15, 0.2) is 12.7 Å². The van der Waals surface area contributed by atoms with E-state index in [1.54, 1.807) is 16.4 Å². The van der Waals surface area contributed by atoms with Crippen LogP contribution in [-0.2, 0) is 14.2 Å². The fourth-order valence-electron chi connectivity index (χ4n) is 5.10. The van der Waals surface area contributed by atoms with E-state index in [9.17, 15) is 15.0 Å². The van der Waals surface area contributed by atoms with Gasteiger partial charge in [0.05, 0.1) is 12.9 Å². The minimum atomic E-state index is -1.20. The molecule has 0 spiro atoms. The number of fused-ring (bicyclic) bond motifs is 1. The van der Waals surface area contributed by atoms with Crippen LogP contribution in [0.1, 0.15) is 38.8 Å². The molecule has 14 nitrogen and oxygen atoms in total. The lowest BCUT2D eigenvalue weighted by Crippen LogP contribution is -2.46. The van der Waals surface area contributed by atoms with Gasteiger partial charge in [-0.1, -0.05) is 0 Å². The molecule has 0 bridgehead atoms. The van der Waals surface area contributed by atoms with Crippen molar-refractivity contribution >= 4 is 23.1 Å². The van der Waals surface area contributed by atoms with E-state index in [0.29, 0.717) is 42.6 Å². The van der Waals surface area contributed by atoms with Gasteiger partial charge in [0.25, 0.3) is 0 Å². The maximum atomic E-state index is 12.0. The Morgan fingerprint density at radius 2 is 1.89 bits per heavy atom. The second kappa shape index (κ2) is 9.68. The minimum absolute atomic E-state index is 0.107. The predicted octanol–water partition coefficient (Wildman–Crippen LogP) is -0.335. The number of anilines is 1. The molecule has 1 amide bonds. The van der Waals surface area contributed by atoms with Gasteiger partial charge in [-0.05, 0) is 38.5 Å². The SMILES string of the molecule is CCOC(=O)N1CCC(Nc2ncnc3c2ncn3[C@@H]2O[C@H](C3NNC(C4CC4)O3)[C@@H](O)[C@H]2O)CC1. The van der Waals surface area contributed by atoms with Gasteiger partial charge in [-0.2, -0.15) is 0 Å². The number of piperidine rings is 1. The first-order chi connectivity index (χ1) is 17.5. The second-order valence-corrected chi connectivity index (χ2v) is 9.73. The Balaban J connectivity index is 1.14. The van der Waals surface area contributed by atoms with Crippen molar-refractivity contribution in [2.24, 2.45) is 5.92 Å². The summed E-state index contributed by atoms with van der Waals surface area (Å²) in [5.74, 6) is 1.02. The normalized spacial score (nSPS) is 33.4. The molecule has 4 aliphatic rings. The zero-order chi connectivity index (χ0) is 24.8. The van der Waals surface area contributed by atoms with Gasteiger partial charge in [-0.3, -0.25) is 4.57 Å². The van der Waals surface area contributed by atoms with Crippen molar-refractivity contribution < 1.29 is 29.2 Å². The summed E-state index contributed by atoms with van der Waals surface area (Å²) in [4.78, 5) is 26.9. The van der Waals surface area contributed by atoms with E-state index in [0.717, 1.165) is 25.7 Å². The van der Waals surface area contributed by atoms with E-state index in [1.165, 1.54) is 12.7 Å². The maximum Gasteiger partial charge on any atom is 0.409 e. The molecule has 5 heterocycles. The third-order valence-electron chi connectivity index (χ3n) is 7.28. The molecule has 0 aromatic carbocycles. The minimum Gasteiger partial charge on any atom is -0.450 e. The number of imidazole rings is 1. The van der Waals surface area contributed by atoms with Crippen molar-refractivity contribution in [3.05, 3.63) is 12.7 Å². The van der Waals surface area contributed by atoms with Crippen molar-refractivity contribution in [3.8, 4) is 0 Å². The molecular formula is C22H32N8O6. The van der Waals surface area contributed by atoms with E-state index in [2.05, 4.69) is 31.1 Å². The van der Waals surface area contributed by atoms with Gasteiger partial charge in [-0.15, -0.1) is 0 Å². The molecule has 0 radical (unpaired) electrons. The summed E-state index contributed by atoms with van der Waals surface area (Å²) in [5.41, 5.74) is 7.14. The zero-order valence-electron chi connectivity index (χ0n) is 20.0. The molecule has 2 aromatic rings. The van der Waals surface area contributed by atoms with Gasteiger partial charge in [0.2, 0.25) is 0 Å². The largest absolute Gasteiger partial charge is 0.450 e. The van der Waals surface area contributed by atoms with Crippen LogP contribution in [0.25, 0.3) is 11.2 Å². The standard InChI is InChI=1S/C22H32N8O6/c1-2-34-22(33)29-7-5-12(6-8-29)26-17-13-18(24-9-23-17)30(10-25-13)21-15(32)14(31)16(35-21)20-28-27-19(36-20)11-3-4-11/h9-12,14-16,19-21,27-28,31-32H,2-8H2,1H3,(H,23,24,26)/t14-,15+,16-,19?,20?,21+/m0/s1. The number of hydrogen-bond donors (Lipinski definition) is 5. The summed E-state index contributed by atoms with van der Waals surface area (Å²) >= 11 is 0. The van der Waals surface area contributed by atoms with Crippen LogP contribution in [0.2, 0.25) is 0 Å². The smallest absolute Gasteiger partial charge is 0.409 e. The number of carbonyl (C=O) groups is 1. The first kappa shape index (κ1) is 23.8. The number of aliphatic hydroxyl groups excluding tert-OH is 2. The Morgan fingerprint density at radius 3 is 2.64 bits per heavy atom. The summed E-state index contributed by atoms with van der Waals surface area (Å²) in [5, 5.41) is 25.0. The van der Waals surface area contributed by atoms with Crippen LogP contribution in [0.5, 0.6) is 0 Å². The lowest BCUT2D eigenvalue weighted by atomic mass is 10.1. The van der Waals surface area contributed by atoms with E-state index >= 15 is 0 Å². The fraction of sp³-hybridized carbons (Fsp3) is 0.727. The van der Waals surface area contributed by atoms with Crippen LogP contribution in [-0.4, -0.2) is 97.2 Å². The molecular weight excluding hydrogens is 472 g/mol. The summed E-state index contributed by atoms with van der Waals surface area (Å²) < 4.78 is 18.7. The van der Waals surface area contributed by atoms with E-state index < -0.39 is 30.8 Å². The molecule has 4 fully saturated rings. The Morgan fingerprint density at radius 1 is 1.11 bits per heavy atom. The quantitative estimate of drug-likeness (QED) is 0.348. The fourth-order valence-corrected chi connectivity index (χ4v) is 5.10. The highest BCUT2D eigenvalue weighted by atomic mass is 16.6. The lowest BCUT2D eigenvalue weighted by Gasteiger charge is -2.31. The summed E-state index contributed by atoms with van der Waals surface area (Å²) in [7, 11) is 0. The van der Waals surface area contributed by atoms with Crippen molar-refractivity contribution in [1.29, 1.82) is 0 Å². The lowest BCUT2D eigenvalue weighted by molar-refractivity contribution is -0.111. The van der Waals surface area contributed by atoms with Gasteiger partial charge < -0.3 is 34.6 Å².